The van der Waals surface area contributed by atoms with Crippen LogP contribution in [0, 0.1) is 5.41 Å². The molecule has 3 nitrogen and oxygen atoms in total. The van der Waals surface area contributed by atoms with Gasteiger partial charge in [0, 0.05) is 32.7 Å². The fourth-order valence-corrected chi connectivity index (χ4v) is 4.20. The molecule has 2 aromatic rings. The number of nitrogens with zero attached hydrogens (tertiary/aromatic N) is 2. The molecular weight excluding hydrogens is 380 g/mol. The smallest absolute Gasteiger partial charge is 0.0847 e. The number of likely N-dealkylation sites (tertiary alicyclic amines) is 1. The Morgan fingerprint density at radius 2 is 1.66 bits per heavy atom. The highest BCUT2D eigenvalue weighted by atomic mass is 35.5. The van der Waals surface area contributed by atoms with Crippen LogP contribution in [0.4, 0.5) is 5.69 Å². The zero-order chi connectivity index (χ0) is 20.7. The van der Waals surface area contributed by atoms with Crippen LogP contribution in [0.5, 0.6) is 0 Å². The summed E-state index contributed by atoms with van der Waals surface area (Å²) in [6, 6.07) is 18.9. The monoisotopic (exact) mass is 414 g/mol. The van der Waals surface area contributed by atoms with Crippen LogP contribution in [0.15, 0.2) is 54.6 Å². The molecule has 29 heavy (non-hydrogen) atoms. The Morgan fingerprint density at radius 3 is 2.31 bits per heavy atom. The molecule has 0 amide bonds. The molecule has 0 aliphatic carbocycles. The number of halogens is 1. The van der Waals surface area contributed by atoms with Gasteiger partial charge in [-0.2, -0.15) is 0 Å². The molecule has 1 aliphatic heterocycles. The number of benzene rings is 2. The molecule has 0 N–H and O–H groups in total. The van der Waals surface area contributed by atoms with Gasteiger partial charge in [-0.25, -0.2) is 0 Å². The predicted octanol–water partition coefficient (Wildman–Crippen LogP) is 6.22. The molecule has 2 aromatic carbocycles. The van der Waals surface area contributed by atoms with Crippen molar-refractivity contribution in [1.82, 2.24) is 4.90 Å². The van der Waals surface area contributed by atoms with Crippen LogP contribution in [0.2, 0.25) is 5.02 Å². The summed E-state index contributed by atoms with van der Waals surface area (Å²) in [7, 11) is 0. The second-order valence-corrected chi connectivity index (χ2v) is 9.60. The molecule has 158 valence electrons. The van der Waals surface area contributed by atoms with Gasteiger partial charge >= 0.3 is 0 Å². The van der Waals surface area contributed by atoms with Gasteiger partial charge in [0.15, 0.2) is 0 Å². The fraction of sp³-hybridized carbons (Fsp3) is 0.520. The molecule has 0 aromatic heterocycles. The Kier molecular flexibility index (Phi) is 7.99. The van der Waals surface area contributed by atoms with E-state index < -0.39 is 0 Å². The molecule has 1 fully saturated rings. The van der Waals surface area contributed by atoms with Gasteiger partial charge in [0.25, 0.3) is 0 Å². The average Bonchev–Trinajstić information content (AvgIpc) is 3.22. The Hall–Kier alpha value is -1.55. The van der Waals surface area contributed by atoms with Crippen molar-refractivity contribution in [3.8, 4) is 0 Å². The van der Waals surface area contributed by atoms with E-state index in [1.807, 2.05) is 12.1 Å². The minimum atomic E-state index is 0.190. The molecule has 1 saturated heterocycles. The van der Waals surface area contributed by atoms with Crippen molar-refractivity contribution in [1.29, 1.82) is 0 Å². The van der Waals surface area contributed by atoms with Crippen molar-refractivity contribution in [3.05, 3.63) is 65.2 Å². The molecule has 0 bridgehead atoms. The SMILES string of the molecule is CC(C)(C)COCCC(N1CCCC1)N(Cc1ccccc1)c1ccccc1Cl. The zero-order valence-corrected chi connectivity index (χ0v) is 18.9. The molecule has 1 unspecified atom stereocenters. The van der Waals surface area contributed by atoms with Gasteiger partial charge < -0.3 is 9.64 Å². The topological polar surface area (TPSA) is 15.7 Å². The minimum Gasteiger partial charge on any atom is -0.381 e. The molecule has 0 saturated carbocycles. The first-order valence-corrected chi connectivity index (χ1v) is 11.2. The lowest BCUT2D eigenvalue weighted by atomic mass is 9.99. The highest BCUT2D eigenvalue weighted by Gasteiger charge is 2.29. The van der Waals surface area contributed by atoms with Crippen LogP contribution in [0.3, 0.4) is 0 Å². The fourth-order valence-electron chi connectivity index (χ4n) is 3.96. The van der Waals surface area contributed by atoms with Crippen LogP contribution < -0.4 is 4.90 Å². The quantitative estimate of drug-likeness (QED) is 0.453. The average molecular weight is 415 g/mol. The van der Waals surface area contributed by atoms with E-state index in [0.29, 0.717) is 0 Å². The van der Waals surface area contributed by atoms with Crippen molar-refractivity contribution in [2.45, 2.75) is 52.7 Å². The summed E-state index contributed by atoms with van der Waals surface area (Å²) in [6.45, 7) is 11.3. The molecule has 0 radical (unpaired) electrons. The van der Waals surface area contributed by atoms with E-state index >= 15 is 0 Å². The lowest BCUT2D eigenvalue weighted by molar-refractivity contribution is 0.0548. The van der Waals surface area contributed by atoms with E-state index in [0.717, 1.165) is 50.0 Å². The van der Waals surface area contributed by atoms with Crippen LogP contribution in [-0.2, 0) is 11.3 Å². The number of para-hydroxylation sites is 1. The molecule has 4 heteroatoms. The number of ether oxygens (including phenoxy) is 1. The number of anilines is 1. The molecule has 0 spiro atoms. The van der Waals surface area contributed by atoms with E-state index in [1.54, 1.807) is 0 Å². The number of rotatable bonds is 9. The van der Waals surface area contributed by atoms with Crippen molar-refractivity contribution in [2.24, 2.45) is 5.41 Å². The highest BCUT2D eigenvalue weighted by molar-refractivity contribution is 6.33. The largest absolute Gasteiger partial charge is 0.381 e. The second-order valence-electron chi connectivity index (χ2n) is 9.19. The van der Waals surface area contributed by atoms with E-state index in [-0.39, 0.29) is 11.6 Å². The molecular formula is C25H35ClN2O. The third-order valence-corrected chi connectivity index (χ3v) is 5.65. The summed E-state index contributed by atoms with van der Waals surface area (Å²) < 4.78 is 6.07. The molecule has 1 aliphatic rings. The molecule has 1 atom stereocenters. The first-order chi connectivity index (χ1) is 13.9. The summed E-state index contributed by atoms with van der Waals surface area (Å²) >= 11 is 6.67. The maximum Gasteiger partial charge on any atom is 0.0847 e. The third kappa shape index (κ3) is 6.74. The van der Waals surface area contributed by atoms with Crippen LogP contribution in [0.1, 0.15) is 45.6 Å². The Morgan fingerprint density at radius 1 is 1.00 bits per heavy atom. The minimum absolute atomic E-state index is 0.190. The highest BCUT2D eigenvalue weighted by Crippen LogP contribution is 2.31. The van der Waals surface area contributed by atoms with E-state index in [4.69, 9.17) is 16.3 Å². The van der Waals surface area contributed by atoms with Gasteiger partial charge in [0.1, 0.15) is 0 Å². The predicted molar refractivity (Wildman–Crippen MR) is 124 cm³/mol. The first-order valence-electron chi connectivity index (χ1n) is 10.8. The number of hydrogen-bond donors (Lipinski definition) is 0. The summed E-state index contributed by atoms with van der Waals surface area (Å²) in [5, 5.41) is 0.809. The summed E-state index contributed by atoms with van der Waals surface area (Å²) in [5.74, 6) is 0. The van der Waals surface area contributed by atoms with Gasteiger partial charge in [0.05, 0.1) is 23.5 Å². The Labute approximate surface area is 181 Å². The Balaban J connectivity index is 1.83. The maximum absolute atomic E-state index is 6.67. The van der Waals surface area contributed by atoms with E-state index in [1.165, 1.54) is 18.4 Å². The van der Waals surface area contributed by atoms with Crippen LogP contribution >= 0.6 is 11.6 Å². The van der Waals surface area contributed by atoms with Crippen molar-refractivity contribution >= 4 is 17.3 Å². The van der Waals surface area contributed by atoms with Crippen molar-refractivity contribution in [2.75, 3.05) is 31.2 Å². The lowest BCUT2D eigenvalue weighted by Crippen LogP contribution is -2.48. The van der Waals surface area contributed by atoms with Gasteiger partial charge in [-0.1, -0.05) is 74.8 Å². The standard InChI is InChI=1S/C25H35ClN2O/c1-25(2,3)20-29-18-15-24(27-16-9-10-17-27)28(19-21-11-5-4-6-12-21)23-14-8-7-13-22(23)26/h4-8,11-14,24H,9-10,15-20H2,1-3H3. The van der Waals surface area contributed by atoms with Gasteiger partial charge in [-0.05, 0) is 36.0 Å². The number of hydrogen-bond acceptors (Lipinski definition) is 3. The van der Waals surface area contributed by atoms with E-state index in [9.17, 15) is 0 Å². The Bertz CT molecular complexity index is 738. The second kappa shape index (κ2) is 10.5. The lowest BCUT2D eigenvalue weighted by Gasteiger charge is -2.40. The molecule has 3 rings (SSSR count). The summed E-state index contributed by atoms with van der Waals surface area (Å²) in [6.07, 6.45) is 3.77. The van der Waals surface area contributed by atoms with E-state index in [2.05, 4.69) is 73.0 Å². The van der Waals surface area contributed by atoms with Crippen molar-refractivity contribution in [3.63, 3.8) is 0 Å². The molecule has 1 heterocycles. The summed E-state index contributed by atoms with van der Waals surface area (Å²) in [5.41, 5.74) is 2.59. The first kappa shape index (κ1) is 22.1. The van der Waals surface area contributed by atoms with Gasteiger partial charge in [-0.3, -0.25) is 4.90 Å². The summed E-state index contributed by atoms with van der Waals surface area (Å²) in [4.78, 5) is 5.08. The van der Waals surface area contributed by atoms with Gasteiger partial charge in [-0.15, -0.1) is 0 Å². The normalized spacial score (nSPS) is 16.1. The van der Waals surface area contributed by atoms with Gasteiger partial charge in [0.2, 0.25) is 0 Å². The zero-order valence-electron chi connectivity index (χ0n) is 18.1. The maximum atomic E-state index is 6.67. The third-order valence-electron chi connectivity index (χ3n) is 5.34. The van der Waals surface area contributed by atoms with Crippen molar-refractivity contribution < 1.29 is 4.74 Å². The van der Waals surface area contributed by atoms with Crippen LogP contribution in [0.25, 0.3) is 0 Å². The van der Waals surface area contributed by atoms with Crippen LogP contribution in [-0.4, -0.2) is 37.4 Å².